The molecule has 5 nitrogen and oxygen atoms in total. The van der Waals surface area contributed by atoms with Gasteiger partial charge in [-0.1, -0.05) is 23.7 Å². The first kappa shape index (κ1) is 15.6. The molecular weight excluding hydrogens is 292 g/mol. The van der Waals surface area contributed by atoms with Crippen molar-refractivity contribution in [1.29, 1.82) is 0 Å². The number of urea groups is 1. The van der Waals surface area contributed by atoms with Crippen LogP contribution >= 0.6 is 11.6 Å². The Bertz CT molecular complexity index is 518. The number of aliphatic carboxylic acids is 1. The molecule has 2 amide bonds. The number of hydrogen-bond acceptors (Lipinski definition) is 2. The van der Waals surface area contributed by atoms with Crippen LogP contribution in [0.5, 0.6) is 0 Å². The SMILES string of the molecule is CC(NC(=O)N1CCC[C@H](C(=O)O)C1)c1ccc(Cl)cc1. The Kier molecular flexibility index (Phi) is 5.07. The van der Waals surface area contributed by atoms with Gasteiger partial charge in [0.1, 0.15) is 0 Å². The molecule has 21 heavy (non-hydrogen) atoms. The van der Waals surface area contributed by atoms with Crippen LogP contribution in [-0.2, 0) is 4.79 Å². The highest BCUT2D eigenvalue weighted by Crippen LogP contribution is 2.19. The fourth-order valence-corrected chi connectivity index (χ4v) is 2.60. The predicted molar refractivity (Wildman–Crippen MR) is 80.3 cm³/mol. The second kappa shape index (κ2) is 6.80. The van der Waals surface area contributed by atoms with Crippen LogP contribution in [0.3, 0.4) is 0 Å². The second-order valence-corrected chi connectivity index (χ2v) is 5.78. The minimum atomic E-state index is -0.835. The van der Waals surface area contributed by atoms with E-state index in [2.05, 4.69) is 5.32 Å². The number of carbonyl (C=O) groups excluding carboxylic acids is 1. The molecule has 0 radical (unpaired) electrons. The highest BCUT2D eigenvalue weighted by atomic mass is 35.5. The van der Waals surface area contributed by atoms with Crippen LogP contribution in [0, 0.1) is 5.92 Å². The summed E-state index contributed by atoms with van der Waals surface area (Å²) in [5, 5.41) is 12.6. The minimum Gasteiger partial charge on any atom is -0.481 e. The van der Waals surface area contributed by atoms with Crippen molar-refractivity contribution < 1.29 is 14.7 Å². The molecule has 0 saturated carbocycles. The van der Waals surface area contributed by atoms with Crippen LogP contribution in [0.25, 0.3) is 0 Å². The quantitative estimate of drug-likeness (QED) is 0.902. The van der Waals surface area contributed by atoms with Crippen LogP contribution in [0.4, 0.5) is 4.79 Å². The minimum absolute atomic E-state index is 0.153. The molecule has 0 spiro atoms. The average Bonchev–Trinajstić information content (AvgIpc) is 2.48. The van der Waals surface area contributed by atoms with Gasteiger partial charge in [-0.25, -0.2) is 4.79 Å². The first-order chi connectivity index (χ1) is 9.97. The number of likely N-dealkylation sites (tertiary alicyclic amines) is 1. The Morgan fingerprint density at radius 3 is 2.67 bits per heavy atom. The number of carbonyl (C=O) groups is 2. The number of halogens is 1. The molecule has 0 bridgehead atoms. The third kappa shape index (κ3) is 4.11. The number of benzene rings is 1. The van der Waals surface area contributed by atoms with Gasteiger partial charge in [-0.05, 0) is 37.5 Å². The van der Waals surface area contributed by atoms with E-state index in [4.69, 9.17) is 16.7 Å². The van der Waals surface area contributed by atoms with Crippen molar-refractivity contribution in [2.75, 3.05) is 13.1 Å². The van der Waals surface area contributed by atoms with E-state index in [1.54, 1.807) is 17.0 Å². The Morgan fingerprint density at radius 2 is 2.05 bits per heavy atom. The number of piperidine rings is 1. The van der Waals surface area contributed by atoms with E-state index in [0.29, 0.717) is 18.0 Å². The average molecular weight is 311 g/mol. The molecule has 114 valence electrons. The molecule has 2 rings (SSSR count). The monoisotopic (exact) mass is 310 g/mol. The fraction of sp³-hybridized carbons (Fsp3) is 0.467. The molecule has 1 aromatic rings. The standard InChI is InChI=1S/C15H19ClN2O3/c1-10(11-4-6-13(16)7-5-11)17-15(21)18-8-2-3-12(9-18)14(19)20/h4-7,10,12H,2-3,8-9H2,1H3,(H,17,21)(H,19,20)/t10?,12-/m0/s1. The van der Waals surface area contributed by atoms with E-state index < -0.39 is 11.9 Å². The van der Waals surface area contributed by atoms with Crippen molar-refractivity contribution in [1.82, 2.24) is 10.2 Å². The van der Waals surface area contributed by atoms with E-state index in [9.17, 15) is 9.59 Å². The van der Waals surface area contributed by atoms with Gasteiger partial charge < -0.3 is 15.3 Å². The lowest BCUT2D eigenvalue weighted by molar-refractivity contribution is -0.143. The van der Waals surface area contributed by atoms with E-state index in [1.165, 1.54) is 0 Å². The normalized spacial score (nSPS) is 19.9. The van der Waals surface area contributed by atoms with Gasteiger partial charge in [0, 0.05) is 18.1 Å². The van der Waals surface area contributed by atoms with Gasteiger partial charge in [0.05, 0.1) is 12.0 Å². The van der Waals surface area contributed by atoms with Crippen molar-refractivity contribution in [3.63, 3.8) is 0 Å². The molecule has 0 aliphatic carbocycles. The van der Waals surface area contributed by atoms with Gasteiger partial charge in [0.2, 0.25) is 0 Å². The summed E-state index contributed by atoms with van der Waals surface area (Å²) in [6.07, 6.45) is 1.35. The van der Waals surface area contributed by atoms with Crippen molar-refractivity contribution in [2.45, 2.75) is 25.8 Å². The predicted octanol–water partition coefficient (Wildman–Crippen LogP) is 2.91. The Labute approximate surface area is 128 Å². The molecule has 1 aromatic carbocycles. The number of carboxylic acids is 1. The maximum Gasteiger partial charge on any atom is 0.317 e. The zero-order chi connectivity index (χ0) is 15.4. The zero-order valence-corrected chi connectivity index (χ0v) is 12.6. The lowest BCUT2D eigenvalue weighted by atomic mass is 9.98. The Hall–Kier alpha value is -1.75. The van der Waals surface area contributed by atoms with Gasteiger partial charge in [-0.2, -0.15) is 0 Å². The van der Waals surface area contributed by atoms with Crippen molar-refractivity contribution in [3.05, 3.63) is 34.9 Å². The van der Waals surface area contributed by atoms with E-state index in [1.807, 2.05) is 19.1 Å². The highest BCUT2D eigenvalue weighted by Gasteiger charge is 2.28. The molecule has 1 saturated heterocycles. The molecule has 1 aliphatic heterocycles. The summed E-state index contributed by atoms with van der Waals surface area (Å²) in [4.78, 5) is 24.8. The largest absolute Gasteiger partial charge is 0.481 e. The maximum atomic E-state index is 12.2. The first-order valence-electron chi connectivity index (χ1n) is 7.01. The molecule has 1 fully saturated rings. The first-order valence-corrected chi connectivity index (χ1v) is 7.39. The van der Waals surface area contributed by atoms with Gasteiger partial charge in [-0.15, -0.1) is 0 Å². The molecule has 2 atom stereocenters. The van der Waals surface area contributed by atoms with Crippen molar-refractivity contribution in [3.8, 4) is 0 Å². The number of nitrogens with zero attached hydrogens (tertiary/aromatic N) is 1. The van der Waals surface area contributed by atoms with Gasteiger partial charge in [-0.3, -0.25) is 4.79 Å². The summed E-state index contributed by atoms with van der Waals surface area (Å²) in [5.74, 6) is -1.30. The molecule has 1 heterocycles. The maximum absolute atomic E-state index is 12.2. The zero-order valence-electron chi connectivity index (χ0n) is 11.9. The summed E-state index contributed by atoms with van der Waals surface area (Å²) < 4.78 is 0. The molecule has 0 aromatic heterocycles. The third-order valence-corrected chi connectivity index (χ3v) is 4.02. The van der Waals surface area contributed by atoms with Gasteiger partial charge >= 0.3 is 12.0 Å². The lowest BCUT2D eigenvalue weighted by Crippen LogP contribution is -2.47. The fourth-order valence-electron chi connectivity index (χ4n) is 2.47. The number of carboxylic acid groups (broad SMARTS) is 1. The Balaban J connectivity index is 1.94. The van der Waals surface area contributed by atoms with E-state index in [0.717, 1.165) is 12.0 Å². The number of hydrogen-bond donors (Lipinski definition) is 2. The molecular formula is C15H19ClN2O3. The summed E-state index contributed by atoms with van der Waals surface area (Å²) in [5.41, 5.74) is 0.958. The summed E-state index contributed by atoms with van der Waals surface area (Å²) in [7, 11) is 0. The lowest BCUT2D eigenvalue weighted by Gasteiger charge is -2.31. The second-order valence-electron chi connectivity index (χ2n) is 5.35. The van der Waals surface area contributed by atoms with Gasteiger partial charge in [0.15, 0.2) is 0 Å². The molecule has 2 N–H and O–H groups in total. The number of amides is 2. The van der Waals surface area contributed by atoms with E-state index >= 15 is 0 Å². The van der Waals surface area contributed by atoms with Crippen LogP contribution in [0.2, 0.25) is 5.02 Å². The summed E-state index contributed by atoms with van der Waals surface area (Å²) >= 11 is 5.84. The summed E-state index contributed by atoms with van der Waals surface area (Å²) in [6.45, 7) is 2.76. The molecule has 1 aliphatic rings. The molecule has 1 unspecified atom stereocenters. The van der Waals surface area contributed by atoms with Crippen molar-refractivity contribution >= 4 is 23.6 Å². The number of rotatable bonds is 3. The van der Waals surface area contributed by atoms with Crippen LogP contribution in [0.15, 0.2) is 24.3 Å². The Morgan fingerprint density at radius 1 is 1.38 bits per heavy atom. The summed E-state index contributed by atoms with van der Waals surface area (Å²) in [6, 6.07) is 6.91. The van der Waals surface area contributed by atoms with Crippen LogP contribution in [0.1, 0.15) is 31.4 Å². The third-order valence-electron chi connectivity index (χ3n) is 3.77. The smallest absolute Gasteiger partial charge is 0.317 e. The van der Waals surface area contributed by atoms with Crippen molar-refractivity contribution in [2.24, 2.45) is 5.92 Å². The molecule has 6 heteroatoms. The highest BCUT2D eigenvalue weighted by molar-refractivity contribution is 6.30. The topological polar surface area (TPSA) is 69.6 Å². The van der Waals surface area contributed by atoms with Crippen LogP contribution < -0.4 is 5.32 Å². The number of nitrogens with one attached hydrogen (secondary N) is 1. The van der Waals surface area contributed by atoms with Crippen LogP contribution in [-0.4, -0.2) is 35.1 Å². The van der Waals surface area contributed by atoms with Gasteiger partial charge in [0.25, 0.3) is 0 Å². The van der Waals surface area contributed by atoms with E-state index in [-0.39, 0.29) is 18.6 Å².